The minimum atomic E-state index is -1.61. The Balaban J connectivity index is 0.00000276. The number of amides is 11. The second kappa shape index (κ2) is 38.4. The fraction of sp³-hybridized carbons (Fsp3) is 0.731. The van der Waals surface area contributed by atoms with E-state index in [9.17, 15) is 48.3 Å². The molecule has 0 bridgehead atoms. The summed E-state index contributed by atoms with van der Waals surface area (Å²) in [5, 5.41) is 23.1. The zero-order valence-corrected chi connectivity index (χ0v) is 61.8. The molecule has 0 radical (unpaired) electrons. The summed E-state index contributed by atoms with van der Waals surface area (Å²) in [4.78, 5) is 182. The second-order valence-corrected chi connectivity index (χ2v) is 28.3. The third-order valence-electron chi connectivity index (χ3n) is 17.3. The minimum absolute atomic E-state index is 0.0229. The normalized spacial score (nSPS) is 25.2. The largest absolute Gasteiger partial charge is 0.390 e. The van der Waals surface area contributed by atoms with Crippen molar-refractivity contribution in [1.29, 1.82) is 0 Å². The van der Waals surface area contributed by atoms with Crippen LogP contribution in [0.25, 0.3) is 11.2 Å². The molecule has 0 saturated carbocycles. The van der Waals surface area contributed by atoms with E-state index >= 15 is 9.59 Å². The van der Waals surface area contributed by atoms with E-state index in [1.807, 2.05) is 61.5 Å². The quantitative estimate of drug-likeness (QED) is 0.0967. The molecule has 1 aliphatic heterocycles. The van der Waals surface area contributed by atoms with Crippen LogP contribution in [0.15, 0.2) is 24.8 Å². The number of H-pyrrole nitrogens is 2. The molecular formula is C67H115N15O12S. The Bertz CT molecular complexity index is 3020. The van der Waals surface area contributed by atoms with E-state index in [1.165, 1.54) is 94.0 Å². The van der Waals surface area contributed by atoms with Crippen molar-refractivity contribution < 1.29 is 57.8 Å². The number of rotatable bonds is 15. The molecule has 3 heterocycles. The number of hydrogen-bond acceptors (Lipinski definition) is 15. The molecule has 1 aliphatic rings. The van der Waals surface area contributed by atoms with Gasteiger partial charge in [-0.25, -0.2) is 9.97 Å². The first-order valence-electron chi connectivity index (χ1n) is 33.3. The van der Waals surface area contributed by atoms with Crippen molar-refractivity contribution in [3.63, 3.8) is 0 Å². The lowest BCUT2D eigenvalue weighted by Gasteiger charge is -2.41. The van der Waals surface area contributed by atoms with Crippen LogP contribution in [0.4, 0.5) is 0 Å². The zero-order chi connectivity index (χ0) is 73.0. The van der Waals surface area contributed by atoms with Crippen LogP contribution in [0.1, 0.15) is 156 Å². The molecular weight excluding hydrogens is 1240 g/mol. The summed E-state index contributed by atoms with van der Waals surface area (Å²) in [5.74, 6) is -9.71. The molecule has 1 fully saturated rings. The van der Waals surface area contributed by atoms with E-state index in [1.54, 1.807) is 60.9 Å². The van der Waals surface area contributed by atoms with Crippen LogP contribution >= 0.6 is 12.2 Å². The van der Waals surface area contributed by atoms with Crippen molar-refractivity contribution >= 4 is 88.4 Å². The predicted molar refractivity (Wildman–Crippen MR) is 368 cm³/mol. The maximum atomic E-state index is 15.1. The Morgan fingerprint density at radius 3 is 1.45 bits per heavy atom. The molecule has 0 spiro atoms. The number of aliphatic hydroxyl groups excluding tert-OH is 1. The Morgan fingerprint density at radius 2 is 0.968 bits per heavy atom. The van der Waals surface area contributed by atoms with Gasteiger partial charge < -0.3 is 70.6 Å². The first-order valence-corrected chi connectivity index (χ1v) is 33.7. The lowest BCUT2D eigenvalue weighted by molar-refractivity contribution is -0.157. The number of aliphatic hydroxyl groups is 1. The highest BCUT2D eigenvalue weighted by molar-refractivity contribution is 7.71. The molecule has 2 aromatic rings. The summed E-state index contributed by atoms with van der Waals surface area (Å²) < 4.78 is 0.547. The molecule has 0 unspecified atom stereocenters. The third kappa shape index (κ3) is 23.5. The number of aromatic amines is 2. The molecule has 95 heavy (non-hydrogen) atoms. The van der Waals surface area contributed by atoms with Crippen LogP contribution in [-0.4, -0.2) is 247 Å². The van der Waals surface area contributed by atoms with Crippen molar-refractivity contribution in [2.24, 2.45) is 41.4 Å². The van der Waals surface area contributed by atoms with E-state index in [-0.39, 0.29) is 55.8 Å². The van der Waals surface area contributed by atoms with Gasteiger partial charge in [0.1, 0.15) is 65.9 Å². The van der Waals surface area contributed by atoms with Gasteiger partial charge in [-0.2, -0.15) is 0 Å². The topological polar surface area (TPSA) is 336 Å². The number of aromatic nitrogens is 4. The Kier molecular flexibility index (Phi) is 33.8. The number of carbonyl (C=O) groups excluding carboxylic acids is 11. The van der Waals surface area contributed by atoms with Gasteiger partial charge in [0.15, 0.2) is 10.3 Å². The number of nitrogens with one attached hydrogen (secondary N) is 6. The fourth-order valence-corrected chi connectivity index (χ4v) is 11.7. The van der Waals surface area contributed by atoms with Gasteiger partial charge in [-0.1, -0.05) is 121 Å². The van der Waals surface area contributed by atoms with E-state index in [0.29, 0.717) is 11.1 Å². The summed E-state index contributed by atoms with van der Waals surface area (Å²) >= 11 is 4.91. The van der Waals surface area contributed by atoms with E-state index in [0.717, 1.165) is 21.0 Å². The van der Waals surface area contributed by atoms with Crippen LogP contribution < -0.4 is 21.3 Å². The van der Waals surface area contributed by atoms with Gasteiger partial charge in [0.25, 0.3) is 0 Å². The van der Waals surface area contributed by atoms with Crippen LogP contribution in [0.3, 0.4) is 0 Å². The highest BCUT2D eigenvalue weighted by Crippen LogP contribution is 2.26. The van der Waals surface area contributed by atoms with Crippen LogP contribution in [0, 0.1) is 46.1 Å². The molecule has 3 rings (SSSR count). The van der Waals surface area contributed by atoms with Gasteiger partial charge >= 0.3 is 0 Å². The molecule has 536 valence electrons. The standard InChI is InChI=1S/C62H111N11O12.C5H4N4S/c1-25-27-28-40(15)52(75)51-56(79)65-43(26-2)58(81)67(18)33-48(74)68(19)44(29-34(3)4)55(78)66-49(38(11)12)61(84)69(20)45(30-35(5)6)54(77)63-41(16)53(76)64-42(17)57(80)70(21)46(31-36(7)8)59(82)71(22)47(32-37(9)10)60(83)72(23)50(39(13)14)62(85)73(51)24;10-5-3-4(7-1-6-3)8-2-9-5/h25,27,34-47,49-52,75H,26,28-33H2,1-24H3,(H,63,77)(H,64,76)(H,65,79)(H,66,78);1-2H,(H2,6,7,8,9,10)/b27-25+;/t40-,41+,42-,43+,44+,45+,46+,47+,49+,50+,51+,52-;/m1./s1. The predicted octanol–water partition coefficient (Wildman–Crippen LogP) is 4.28. The number of allylic oxidation sites excluding steroid dienone is 2. The molecule has 0 aliphatic carbocycles. The first kappa shape index (κ1) is 83.7. The van der Waals surface area contributed by atoms with Gasteiger partial charge in [-0.15, -0.1) is 0 Å². The average Bonchev–Trinajstić information content (AvgIpc) is 1.44. The molecule has 27 nitrogen and oxygen atoms in total. The van der Waals surface area contributed by atoms with Crippen molar-refractivity contribution in [2.75, 3.05) is 55.9 Å². The number of likely N-dealkylation sites (N-methyl/N-ethyl adjacent to an activating group) is 7. The van der Waals surface area contributed by atoms with Gasteiger partial charge in [-0.05, 0) is 101 Å². The van der Waals surface area contributed by atoms with Crippen molar-refractivity contribution in [1.82, 2.24) is 75.5 Å². The third-order valence-corrected chi connectivity index (χ3v) is 17.6. The summed E-state index contributed by atoms with van der Waals surface area (Å²) in [6.07, 6.45) is 6.16. The molecule has 11 amide bonds. The monoisotopic (exact) mass is 1350 g/mol. The van der Waals surface area contributed by atoms with Gasteiger partial charge in [0, 0.05) is 49.3 Å². The summed E-state index contributed by atoms with van der Waals surface area (Å²) in [6, 6.07) is -12.3. The molecule has 28 heteroatoms. The van der Waals surface area contributed by atoms with Crippen molar-refractivity contribution in [2.45, 2.75) is 223 Å². The first-order chi connectivity index (χ1) is 44.1. The molecule has 0 aromatic carbocycles. The fourth-order valence-electron chi connectivity index (χ4n) is 11.5. The van der Waals surface area contributed by atoms with E-state index in [4.69, 9.17) is 12.2 Å². The SMILES string of the molecule is C/C=C/C[C@@H](C)[C@@H](O)[C@H]1C(=O)N[C@@H](CC)C(=O)N(C)CC(=O)N(C)[C@@H](CC(C)C)C(=O)N[C@@H](C(C)C)C(=O)N(C)[C@@H](CC(C)C)C(=O)N[C@@H](C)C(=O)N[C@H](C)C(=O)N(C)[C@@H](CC(C)C)C(=O)N(C)[C@@H](CC(C)C)C(=O)N(C)[C@@H](C(C)C)C(=O)N1C.S=c1nc[nH]c2nc[nH]c12. The Labute approximate surface area is 568 Å². The van der Waals surface area contributed by atoms with E-state index in [2.05, 4.69) is 41.2 Å². The highest BCUT2D eigenvalue weighted by atomic mass is 32.1. The number of hydrogen-bond donors (Lipinski definition) is 7. The Hall–Kier alpha value is -7.36. The smallest absolute Gasteiger partial charge is 0.246 e. The maximum Gasteiger partial charge on any atom is 0.246 e. The van der Waals surface area contributed by atoms with Crippen LogP contribution in [-0.2, 0) is 52.7 Å². The lowest BCUT2D eigenvalue weighted by atomic mass is 9.91. The van der Waals surface area contributed by atoms with Gasteiger partial charge in [-0.3, -0.25) is 52.7 Å². The van der Waals surface area contributed by atoms with Crippen molar-refractivity contribution in [3.8, 4) is 0 Å². The minimum Gasteiger partial charge on any atom is -0.390 e. The molecule has 2 aromatic heterocycles. The van der Waals surface area contributed by atoms with Crippen LogP contribution in [0.2, 0.25) is 0 Å². The molecule has 7 N–H and O–H groups in total. The maximum absolute atomic E-state index is 15.1. The summed E-state index contributed by atoms with van der Waals surface area (Å²) in [6.45, 7) is 29.3. The van der Waals surface area contributed by atoms with Crippen molar-refractivity contribution in [3.05, 3.63) is 29.4 Å². The molecule has 1 saturated heterocycles. The number of carbonyl (C=O) groups is 11. The van der Waals surface area contributed by atoms with Gasteiger partial charge in [0.2, 0.25) is 65.0 Å². The average molecular weight is 1350 g/mol. The zero-order valence-electron chi connectivity index (χ0n) is 61.0. The van der Waals surface area contributed by atoms with Crippen LogP contribution in [0.5, 0.6) is 0 Å². The summed E-state index contributed by atoms with van der Waals surface area (Å²) in [7, 11) is 9.92. The van der Waals surface area contributed by atoms with E-state index < -0.39 is 156 Å². The number of imidazole rings is 1. The summed E-state index contributed by atoms with van der Waals surface area (Å²) in [5.41, 5.74) is 1.54. The lowest BCUT2D eigenvalue weighted by Crippen LogP contribution is -2.63. The molecule has 12 atom stereocenters. The van der Waals surface area contributed by atoms with Gasteiger partial charge in [0.05, 0.1) is 25.3 Å². The number of fused-ring (bicyclic) bond motifs is 1. The highest BCUT2D eigenvalue weighted by Gasteiger charge is 2.46. The Morgan fingerprint density at radius 1 is 0.516 bits per heavy atom. The number of nitrogens with zero attached hydrogens (tertiary/aromatic N) is 9. The second-order valence-electron chi connectivity index (χ2n) is 27.9.